The summed E-state index contributed by atoms with van der Waals surface area (Å²) in [5.74, 6) is 0.766. The molecule has 0 aliphatic rings. The number of pyridine rings is 2. The molecule has 156 valence electrons. The third-order valence-corrected chi connectivity index (χ3v) is 6.11. The van der Waals surface area contributed by atoms with Crippen molar-refractivity contribution in [1.82, 2.24) is 14.0 Å². The maximum atomic E-state index is 8.30. The predicted octanol–water partition coefficient (Wildman–Crippen LogP) is 4.04. The van der Waals surface area contributed by atoms with Crippen molar-refractivity contribution >= 4 is 16.8 Å². The minimum Gasteiger partial charge on any atom is -0.308 e. The van der Waals surface area contributed by atoms with E-state index in [1.165, 1.54) is 0 Å². The van der Waals surface area contributed by atoms with Crippen molar-refractivity contribution in [2.75, 3.05) is 0 Å². The van der Waals surface area contributed by atoms with Gasteiger partial charge in [0.15, 0.2) is 6.20 Å². The quantitative estimate of drug-likeness (QED) is 0.399. The molecule has 0 spiro atoms. The van der Waals surface area contributed by atoms with E-state index in [9.17, 15) is 0 Å². The molecular weight excluding hydrogens is 382 g/mol. The summed E-state index contributed by atoms with van der Waals surface area (Å²) in [5, 5.41) is 0. The number of nitrogens with zero attached hydrogens (tertiary/aromatic N) is 5. The molecule has 0 atom stereocenters. The standard InChI is InChI=1S/C26H29N5/c1-16-13-22(28(5)14-19(16)4)24-17(2)12-18(3)25(30(24)7)23-15-31-21-11-9-8-10-20(21)27-26(31)29(23)6/h8-15H,1-7H3/q+2/i1D3,2D3. The molecule has 5 heteroatoms. The molecule has 4 heterocycles. The molecule has 0 bridgehead atoms. The molecule has 31 heavy (non-hydrogen) atoms. The third-order valence-electron chi connectivity index (χ3n) is 6.11. The Balaban J connectivity index is 1.86. The summed E-state index contributed by atoms with van der Waals surface area (Å²) in [6.45, 7) is -1.09. The first-order valence-electron chi connectivity index (χ1n) is 13.2. The maximum absolute atomic E-state index is 8.30. The Morgan fingerprint density at radius 1 is 0.935 bits per heavy atom. The summed E-state index contributed by atoms with van der Waals surface area (Å²) >= 11 is 0. The smallest absolute Gasteiger partial charge is 0.280 e. The topological polar surface area (TPSA) is 30.0 Å². The van der Waals surface area contributed by atoms with E-state index in [0.717, 1.165) is 33.8 Å². The minimum atomic E-state index is -2.41. The Labute approximate surface area is 191 Å². The Morgan fingerprint density at radius 2 is 1.71 bits per heavy atom. The number of aryl methyl sites for hydroxylation is 6. The van der Waals surface area contributed by atoms with Gasteiger partial charge in [0, 0.05) is 44.2 Å². The van der Waals surface area contributed by atoms with Crippen LogP contribution in [0.15, 0.2) is 48.8 Å². The second-order valence-electron chi connectivity index (χ2n) is 8.21. The molecule has 0 radical (unpaired) electrons. The van der Waals surface area contributed by atoms with Crippen molar-refractivity contribution in [1.29, 1.82) is 0 Å². The van der Waals surface area contributed by atoms with Crippen LogP contribution in [0.3, 0.4) is 0 Å². The number of aromatic nitrogens is 5. The van der Waals surface area contributed by atoms with Gasteiger partial charge < -0.3 is 4.57 Å². The molecule has 4 aromatic heterocycles. The van der Waals surface area contributed by atoms with E-state index in [1.54, 1.807) is 36.9 Å². The van der Waals surface area contributed by atoms with Crippen molar-refractivity contribution in [3.8, 4) is 22.8 Å². The highest BCUT2D eigenvalue weighted by molar-refractivity contribution is 5.81. The average Bonchev–Trinajstić information content (AvgIpc) is 3.29. The summed E-state index contributed by atoms with van der Waals surface area (Å²) in [4.78, 5) is 4.78. The van der Waals surface area contributed by atoms with Gasteiger partial charge in [-0.3, -0.25) is 4.40 Å². The van der Waals surface area contributed by atoms with Crippen LogP contribution in [0, 0.1) is 27.6 Å². The number of para-hydroxylation sites is 2. The fraction of sp³-hybridized carbons (Fsp3) is 0.269. The van der Waals surface area contributed by atoms with E-state index in [4.69, 9.17) is 13.2 Å². The molecule has 0 saturated heterocycles. The number of fused-ring (bicyclic) bond motifs is 3. The van der Waals surface area contributed by atoms with Crippen molar-refractivity contribution in [3.63, 3.8) is 0 Å². The van der Waals surface area contributed by atoms with Crippen LogP contribution in [-0.2, 0) is 21.1 Å². The molecule has 0 amide bonds. The molecule has 5 rings (SSSR count). The van der Waals surface area contributed by atoms with Gasteiger partial charge in [-0.05, 0) is 51.3 Å². The van der Waals surface area contributed by atoms with Crippen LogP contribution in [0.1, 0.15) is 30.5 Å². The summed E-state index contributed by atoms with van der Waals surface area (Å²) < 4.78 is 56.6. The van der Waals surface area contributed by atoms with Crippen molar-refractivity contribution in [2.45, 2.75) is 27.6 Å². The molecule has 0 aliphatic carbocycles. The fourth-order valence-corrected chi connectivity index (χ4v) is 4.54. The molecule has 0 unspecified atom stereocenters. The van der Waals surface area contributed by atoms with Gasteiger partial charge >= 0.3 is 0 Å². The monoisotopic (exact) mass is 417 g/mol. The van der Waals surface area contributed by atoms with E-state index in [1.807, 2.05) is 65.0 Å². The second kappa shape index (κ2) is 6.77. The van der Waals surface area contributed by atoms with Gasteiger partial charge in [0.1, 0.15) is 19.8 Å². The number of hydrogen-bond acceptors (Lipinski definition) is 1. The number of benzene rings is 1. The van der Waals surface area contributed by atoms with Crippen LogP contribution < -0.4 is 9.13 Å². The fourth-order valence-electron chi connectivity index (χ4n) is 4.54. The summed E-state index contributed by atoms with van der Waals surface area (Å²) in [6.07, 6.45) is 3.75. The van der Waals surface area contributed by atoms with Crippen molar-refractivity contribution < 1.29 is 17.4 Å². The van der Waals surface area contributed by atoms with Crippen LogP contribution in [-0.4, -0.2) is 14.0 Å². The lowest BCUT2D eigenvalue weighted by Crippen LogP contribution is -2.41. The molecule has 0 fully saturated rings. The SMILES string of the molecule is [2H]C([2H])([2H])c1cc(-c2c(C([2H])([2H])[2H])cc(C)c(-c3cn4c5ccccc5nc4n3C)[n+]2C)[n+](C)cc1C. The minimum absolute atomic E-state index is 0.164. The highest BCUT2D eigenvalue weighted by Gasteiger charge is 2.30. The van der Waals surface area contributed by atoms with E-state index in [0.29, 0.717) is 17.0 Å². The first kappa shape index (κ1) is 13.8. The Hall–Kier alpha value is -3.47. The lowest BCUT2D eigenvalue weighted by molar-refractivity contribution is -0.686. The highest BCUT2D eigenvalue weighted by Crippen LogP contribution is 2.29. The number of rotatable bonds is 2. The van der Waals surface area contributed by atoms with Crippen LogP contribution >= 0.6 is 0 Å². The lowest BCUT2D eigenvalue weighted by Gasteiger charge is -2.11. The van der Waals surface area contributed by atoms with Gasteiger partial charge in [-0.15, -0.1) is 0 Å². The average molecular weight is 418 g/mol. The van der Waals surface area contributed by atoms with Crippen LogP contribution in [0.2, 0.25) is 0 Å². The molecule has 5 aromatic rings. The molecule has 1 aromatic carbocycles. The molecule has 0 saturated carbocycles. The zero-order chi connectivity index (χ0) is 27.0. The lowest BCUT2D eigenvalue weighted by atomic mass is 10.0. The Morgan fingerprint density at radius 3 is 2.48 bits per heavy atom. The predicted molar refractivity (Wildman–Crippen MR) is 124 cm³/mol. The molecule has 5 nitrogen and oxygen atoms in total. The normalized spacial score (nSPS) is 15.4. The Bertz CT molecular complexity index is 1710. The largest absolute Gasteiger partial charge is 0.308 e. The highest BCUT2D eigenvalue weighted by atomic mass is 15.2. The molecular formula is C26H29N5+2. The van der Waals surface area contributed by atoms with Gasteiger partial charge in [0.25, 0.3) is 11.4 Å². The summed E-state index contributed by atoms with van der Waals surface area (Å²) in [6, 6.07) is 11.2. The maximum Gasteiger partial charge on any atom is 0.280 e. The van der Waals surface area contributed by atoms with E-state index in [2.05, 4.69) is 0 Å². The van der Waals surface area contributed by atoms with Crippen molar-refractivity contribution in [3.05, 3.63) is 71.0 Å². The summed E-state index contributed by atoms with van der Waals surface area (Å²) in [5.41, 5.74) is 6.26. The third kappa shape index (κ3) is 2.80. The second-order valence-corrected chi connectivity index (χ2v) is 8.21. The van der Waals surface area contributed by atoms with Crippen LogP contribution in [0.4, 0.5) is 0 Å². The zero-order valence-corrected chi connectivity index (χ0v) is 18.4. The Kier molecular flexibility index (Phi) is 3.01. The van der Waals surface area contributed by atoms with E-state index >= 15 is 0 Å². The van der Waals surface area contributed by atoms with Gasteiger partial charge in [-0.1, -0.05) is 12.1 Å². The van der Waals surface area contributed by atoms with Gasteiger partial charge in [0.05, 0.1) is 11.0 Å². The van der Waals surface area contributed by atoms with Gasteiger partial charge in [-0.2, -0.15) is 9.13 Å². The van der Waals surface area contributed by atoms with Gasteiger partial charge in [-0.25, -0.2) is 4.98 Å². The summed E-state index contributed by atoms with van der Waals surface area (Å²) in [7, 11) is 5.57. The van der Waals surface area contributed by atoms with Gasteiger partial charge in [0.2, 0.25) is 11.5 Å². The number of hydrogen-bond donors (Lipinski definition) is 0. The first-order valence-corrected chi connectivity index (χ1v) is 10.2. The van der Waals surface area contributed by atoms with Crippen LogP contribution in [0.25, 0.3) is 39.6 Å². The first-order chi connectivity index (χ1) is 17.2. The van der Waals surface area contributed by atoms with Crippen LogP contribution in [0.5, 0.6) is 0 Å². The molecule has 0 aliphatic heterocycles. The van der Waals surface area contributed by atoms with Crippen molar-refractivity contribution in [2.24, 2.45) is 21.1 Å². The molecule has 0 N–H and O–H groups in total. The zero-order valence-electron chi connectivity index (χ0n) is 24.4. The van der Waals surface area contributed by atoms with E-state index in [-0.39, 0.29) is 11.1 Å². The van der Waals surface area contributed by atoms with E-state index < -0.39 is 13.7 Å². The number of imidazole rings is 2.